The maximum atomic E-state index is 7.73. The summed E-state index contributed by atoms with van der Waals surface area (Å²) in [4.78, 5) is 2.15. The van der Waals surface area contributed by atoms with Crippen LogP contribution in [0.1, 0.15) is 26.2 Å². The minimum Gasteiger partial charge on any atom is -0.383 e. The van der Waals surface area contributed by atoms with Gasteiger partial charge in [0.15, 0.2) is 0 Å². The van der Waals surface area contributed by atoms with Crippen LogP contribution in [0.3, 0.4) is 0 Å². The standard InChI is InChI=1S/C9H18N2O/c1-8(7-12-2)11-6-4-3-5-9(11)10/h8,10H,3-7H2,1-2H3. The third-order valence-corrected chi connectivity index (χ3v) is 2.35. The molecule has 0 spiro atoms. The highest BCUT2D eigenvalue weighted by molar-refractivity contribution is 5.80. The first-order valence-electron chi connectivity index (χ1n) is 4.58. The van der Waals surface area contributed by atoms with Crippen LogP contribution in [-0.4, -0.2) is 37.0 Å². The molecule has 0 radical (unpaired) electrons. The lowest BCUT2D eigenvalue weighted by Gasteiger charge is -2.34. The second kappa shape index (κ2) is 4.45. The number of hydrogen-bond acceptors (Lipinski definition) is 2. The molecule has 3 nitrogen and oxygen atoms in total. The van der Waals surface area contributed by atoms with Crippen molar-refractivity contribution >= 4 is 5.84 Å². The Morgan fingerprint density at radius 3 is 2.92 bits per heavy atom. The van der Waals surface area contributed by atoms with E-state index in [-0.39, 0.29) is 0 Å². The lowest BCUT2D eigenvalue weighted by atomic mass is 10.1. The molecule has 12 heavy (non-hydrogen) atoms. The van der Waals surface area contributed by atoms with Gasteiger partial charge in [0.05, 0.1) is 18.5 Å². The zero-order valence-electron chi connectivity index (χ0n) is 7.97. The van der Waals surface area contributed by atoms with Crippen molar-refractivity contribution in [3.8, 4) is 0 Å². The summed E-state index contributed by atoms with van der Waals surface area (Å²) in [7, 11) is 1.71. The quantitative estimate of drug-likeness (QED) is 0.696. The maximum Gasteiger partial charge on any atom is 0.0960 e. The summed E-state index contributed by atoms with van der Waals surface area (Å²) in [6, 6.07) is 0.364. The minimum atomic E-state index is 0.364. The van der Waals surface area contributed by atoms with Gasteiger partial charge >= 0.3 is 0 Å². The van der Waals surface area contributed by atoms with Gasteiger partial charge in [-0.1, -0.05) is 0 Å². The molecule has 1 heterocycles. The zero-order chi connectivity index (χ0) is 8.97. The van der Waals surface area contributed by atoms with Crippen LogP contribution < -0.4 is 0 Å². The van der Waals surface area contributed by atoms with Gasteiger partial charge in [0.1, 0.15) is 0 Å². The van der Waals surface area contributed by atoms with Gasteiger partial charge in [0, 0.05) is 20.1 Å². The average Bonchev–Trinajstić information content (AvgIpc) is 2.05. The fourth-order valence-corrected chi connectivity index (χ4v) is 1.67. The molecule has 1 aliphatic rings. The van der Waals surface area contributed by atoms with E-state index < -0.39 is 0 Å². The molecule has 1 atom stereocenters. The Morgan fingerprint density at radius 1 is 1.58 bits per heavy atom. The summed E-state index contributed by atoms with van der Waals surface area (Å²) in [5.74, 6) is 0.783. The van der Waals surface area contributed by atoms with Gasteiger partial charge in [0.2, 0.25) is 0 Å². The van der Waals surface area contributed by atoms with Crippen LogP contribution in [0.5, 0.6) is 0 Å². The fraction of sp³-hybridized carbons (Fsp3) is 0.889. The number of rotatable bonds is 3. The Bertz CT molecular complexity index is 159. The smallest absolute Gasteiger partial charge is 0.0960 e. The van der Waals surface area contributed by atoms with E-state index in [1.54, 1.807) is 7.11 Å². The summed E-state index contributed by atoms with van der Waals surface area (Å²) < 4.78 is 5.07. The van der Waals surface area contributed by atoms with E-state index in [2.05, 4.69) is 11.8 Å². The van der Waals surface area contributed by atoms with Gasteiger partial charge in [-0.05, 0) is 19.8 Å². The molecule has 0 aliphatic carbocycles. The summed E-state index contributed by atoms with van der Waals surface area (Å²) in [5, 5.41) is 7.73. The van der Waals surface area contributed by atoms with E-state index in [0.717, 1.165) is 25.4 Å². The first kappa shape index (κ1) is 9.52. The van der Waals surface area contributed by atoms with Crippen LogP contribution in [0.4, 0.5) is 0 Å². The van der Waals surface area contributed by atoms with Crippen LogP contribution >= 0.6 is 0 Å². The number of nitrogens with one attached hydrogen (secondary N) is 1. The highest BCUT2D eigenvalue weighted by Gasteiger charge is 2.19. The molecule has 0 saturated carbocycles. The summed E-state index contributed by atoms with van der Waals surface area (Å²) in [6.45, 7) is 3.87. The predicted octanol–water partition coefficient (Wildman–Crippen LogP) is 1.48. The Balaban J connectivity index is 2.42. The first-order chi connectivity index (χ1) is 5.75. The molecule has 1 N–H and O–H groups in total. The van der Waals surface area contributed by atoms with E-state index in [9.17, 15) is 0 Å². The van der Waals surface area contributed by atoms with Gasteiger partial charge < -0.3 is 9.64 Å². The van der Waals surface area contributed by atoms with Crippen LogP contribution in [-0.2, 0) is 4.74 Å². The lowest BCUT2D eigenvalue weighted by Crippen LogP contribution is -2.43. The normalized spacial score (nSPS) is 21.2. The van der Waals surface area contributed by atoms with Crippen molar-refractivity contribution < 1.29 is 4.74 Å². The van der Waals surface area contributed by atoms with E-state index in [1.807, 2.05) is 0 Å². The van der Waals surface area contributed by atoms with E-state index in [4.69, 9.17) is 10.1 Å². The molecule has 0 aromatic carbocycles. The van der Waals surface area contributed by atoms with Gasteiger partial charge in [0.25, 0.3) is 0 Å². The molecule has 1 fully saturated rings. The van der Waals surface area contributed by atoms with Crippen molar-refractivity contribution in [2.75, 3.05) is 20.3 Å². The van der Waals surface area contributed by atoms with Crippen molar-refractivity contribution in [3.63, 3.8) is 0 Å². The molecule has 1 aliphatic heterocycles. The second-order valence-electron chi connectivity index (χ2n) is 3.40. The second-order valence-corrected chi connectivity index (χ2v) is 3.40. The predicted molar refractivity (Wildman–Crippen MR) is 49.6 cm³/mol. The molecular formula is C9H18N2O. The Kier molecular flexibility index (Phi) is 3.53. The molecule has 0 aromatic heterocycles. The summed E-state index contributed by atoms with van der Waals surface area (Å²) in [5.41, 5.74) is 0. The third kappa shape index (κ3) is 2.21. The van der Waals surface area contributed by atoms with Crippen molar-refractivity contribution in [1.29, 1.82) is 5.41 Å². The molecule has 0 bridgehead atoms. The van der Waals surface area contributed by atoms with E-state index >= 15 is 0 Å². The number of likely N-dealkylation sites (tertiary alicyclic amines) is 1. The van der Waals surface area contributed by atoms with Gasteiger partial charge in [-0.25, -0.2) is 0 Å². The van der Waals surface area contributed by atoms with Crippen LogP contribution in [0, 0.1) is 5.41 Å². The third-order valence-electron chi connectivity index (χ3n) is 2.35. The van der Waals surface area contributed by atoms with Crippen molar-refractivity contribution in [1.82, 2.24) is 4.90 Å². The van der Waals surface area contributed by atoms with Crippen LogP contribution in [0.15, 0.2) is 0 Å². The molecule has 1 rings (SSSR count). The number of nitrogens with zero attached hydrogens (tertiary/aromatic N) is 1. The highest BCUT2D eigenvalue weighted by Crippen LogP contribution is 2.13. The van der Waals surface area contributed by atoms with Gasteiger partial charge in [-0.15, -0.1) is 0 Å². The van der Waals surface area contributed by atoms with Gasteiger partial charge in [-0.3, -0.25) is 5.41 Å². The lowest BCUT2D eigenvalue weighted by molar-refractivity contribution is 0.130. The SMILES string of the molecule is COCC(C)N1CCCCC1=N. The number of methoxy groups -OCH3 is 1. The summed E-state index contributed by atoms with van der Waals surface area (Å²) in [6.07, 6.45) is 3.33. The Labute approximate surface area is 74.2 Å². The zero-order valence-corrected chi connectivity index (χ0v) is 7.97. The number of amidine groups is 1. The van der Waals surface area contributed by atoms with Crippen molar-refractivity contribution in [2.45, 2.75) is 32.2 Å². The van der Waals surface area contributed by atoms with Crippen LogP contribution in [0.2, 0.25) is 0 Å². The topological polar surface area (TPSA) is 36.3 Å². The van der Waals surface area contributed by atoms with E-state index in [0.29, 0.717) is 6.04 Å². The largest absolute Gasteiger partial charge is 0.383 e. The molecule has 0 aromatic rings. The molecule has 1 saturated heterocycles. The maximum absolute atomic E-state index is 7.73. The van der Waals surface area contributed by atoms with Gasteiger partial charge in [-0.2, -0.15) is 0 Å². The number of piperidine rings is 1. The van der Waals surface area contributed by atoms with Crippen molar-refractivity contribution in [3.05, 3.63) is 0 Å². The first-order valence-corrected chi connectivity index (χ1v) is 4.58. The fourth-order valence-electron chi connectivity index (χ4n) is 1.67. The molecule has 0 amide bonds. The van der Waals surface area contributed by atoms with Crippen LogP contribution in [0.25, 0.3) is 0 Å². The van der Waals surface area contributed by atoms with E-state index in [1.165, 1.54) is 12.8 Å². The number of hydrogen-bond donors (Lipinski definition) is 1. The Morgan fingerprint density at radius 2 is 2.33 bits per heavy atom. The highest BCUT2D eigenvalue weighted by atomic mass is 16.5. The molecule has 70 valence electrons. The average molecular weight is 170 g/mol. The monoisotopic (exact) mass is 170 g/mol. The number of ether oxygens (including phenoxy) is 1. The Hall–Kier alpha value is -0.570. The minimum absolute atomic E-state index is 0.364. The van der Waals surface area contributed by atoms with Crippen molar-refractivity contribution in [2.24, 2.45) is 0 Å². The molecular weight excluding hydrogens is 152 g/mol. The summed E-state index contributed by atoms with van der Waals surface area (Å²) >= 11 is 0. The molecule has 3 heteroatoms. The molecule has 1 unspecified atom stereocenters.